The molecule has 1 N–H and O–H groups in total. The van der Waals surface area contributed by atoms with Gasteiger partial charge in [-0.25, -0.2) is 9.07 Å². The highest BCUT2D eigenvalue weighted by atomic mass is 19.1. The number of carbonyl (C=O) groups excluding carboxylic acids is 1. The van der Waals surface area contributed by atoms with Crippen molar-refractivity contribution in [1.29, 1.82) is 0 Å². The molecule has 2 aromatic carbocycles. The maximum absolute atomic E-state index is 12.8. The fraction of sp³-hybridized carbons (Fsp3) is 0.227. The normalized spacial score (nSPS) is 10.6. The van der Waals surface area contributed by atoms with Gasteiger partial charge < -0.3 is 10.1 Å². The molecule has 0 saturated carbocycles. The smallest absolute Gasteiger partial charge is 0.266 e. The van der Waals surface area contributed by atoms with Gasteiger partial charge in [0.15, 0.2) is 6.61 Å². The molecule has 0 aliphatic carbocycles. The van der Waals surface area contributed by atoms with Gasteiger partial charge in [-0.3, -0.25) is 9.59 Å². The van der Waals surface area contributed by atoms with Gasteiger partial charge in [0.05, 0.1) is 5.69 Å². The Morgan fingerprint density at radius 2 is 1.79 bits per heavy atom. The van der Waals surface area contributed by atoms with Crippen LogP contribution in [-0.2, 0) is 11.3 Å². The van der Waals surface area contributed by atoms with E-state index in [9.17, 15) is 14.0 Å². The van der Waals surface area contributed by atoms with Gasteiger partial charge in [0.1, 0.15) is 11.6 Å². The van der Waals surface area contributed by atoms with E-state index in [1.165, 1.54) is 35.0 Å². The number of amides is 1. The van der Waals surface area contributed by atoms with Gasteiger partial charge in [0.2, 0.25) is 0 Å². The van der Waals surface area contributed by atoms with E-state index in [0.717, 1.165) is 16.8 Å². The lowest BCUT2D eigenvalue weighted by Crippen LogP contribution is -2.31. The molecule has 0 unspecified atom stereocenters. The molecule has 1 heterocycles. The third kappa shape index (κ3) is 6.00. The molecule has 0 radical (unpaired) electrons. The number of hydrogen-bond acceptors (Lipinski definition) is 4. The lowest BCUT2D eigenvalue weighted by Gasteiger charge is -2.09. The van der Waals surface area contributed by atoms with Crippen LogP contribution in [0.25, 0.3) is 11.3 Å². The highest BCUT2D eigenvalue weighted by Crippen LogP contribution is 2.15. The van der Waals surface area contributed by atoms with E-state index in [1.807, 2.05) is 31.2 Å². The molecule has 0 saturated heterocycles. The number of benzene rings is 2. The molecule has 0 aliphatic rings. The van der Waals surface area contributed by atoms with Crippen molar-refractivity contribution < 1.29 is 13.9 Å². The van der Waals surface area contributed by atoms with E-state index >= 15 is 0 Å². The molecule has 0 aliphatic heterocycles. The number of rotatable bonds is 8. The molecule has 0 spiro atoms. The van der Waals surface area contributed by atoms with Crippen molar-refractivity contribution in [3.05, 3.63) is 82.4 Å². The third-order valence-electron chi connectivity index (χ3n) is 4.27. The summed E-state index contributed by atoms with van der Waals surface area (Å²) in [6.07, 6.45) is 0.548. The summed E-state index contributed by atoms with van der Waals surface area (Å²) >= 11 is 0. The number of aryl methyl sites for hydroxylation is 2. The summed E-state index contributed by atoms with van der Waals surface area (Å²) in [5.41, 5.74) is 2.63. The van der Waals surface area contributed by atoms with Gasteiger partial charge >= 0.3 is 0 Å². The molecule has 3 rings (SSSR count). The second-order valence-electron chi connectivity index (χ2n) is 6.59. The van der Waals surface area contributed by atoms with Crippen LogP contribution in [-0.4, -0.2) is 28.8 Å². The molecule has 29 heavy (non-hydrogen) atoms. The summed E-state index contributed by atoms with van der Waals surface area (Å²) in [4.78, 5) is 23.9. The second kappa shape index (κ2) is 9.64. The average Bonchev–Trinajstić information content (AvgIpc) is 2.72. The van der Waals surface area contributed by atoms with Crippen LogP contribution in [0.15, 0.2) is 65.5 Å². The molecule has 1 amide bonds. The van der Waals surface area contributed by atoms with Gasteiger partial charge in [0, 0.05) is 24.7 Å². The van der Waals surface area contributed by atoms with E-state index in [4.69, 9.17) is 4.74 Å². The summed E-state index contributed by atoms with van der Waals surface area (Å²) in [5, 5.41) is 7.13. The number of aromatic nitrogens is 2. The van der Waals surface area contributed by atoms with Gasteiger partial charge in [0.25, 0.3) is 11.5 Å². The van der Waals surface area contributed by atoms with Crippen LogP contribution in [0.5, 0.6) is 5.75 Å². The number of nitrogens with zero attached hydrogens (tertiary/aromatic N) is 2. The van der Waals surface area contributed by atoms with Crippen LogP contribution < -0.4 is 15.6 Å². The van der Waals surface area contributed by atoms with E-state index in [-0.39, 0.29) is 23.9 Å². The van der Waals surface area contributed by atoms with Crippen molar-refractivity contribution in [1.82, 2.24) is 15.1 Å². The van der Waals surface area contributed by atoms with Crippen LogP contribution in [0, 0.1) is 12.7 Å². The van der Waals surface area contributed by atoms with Crippen molar-refractivity contribution in [2.45, 2.75) is 19.9 Å². The van der Waals surface area contributed by atoms with Crippen molar-refractivity contribution in [2.75, 3.05) is 13.2 Å². The minimum atomic E-state index is -0.364. The summed E-state index contributed by atoms with van der Waals surface area (Å²) in [6.45, 7) is 2.62. The zero-order valence-corrected chi connectivity index (χ0v) is 16.1. The van der Waals surface area contributed by atoms with Crippen LogP contribution in [0.3, 0.4) is 0 Å². The topological polar surface area (TPSA) is 73.2 Å². The minimum Gasteiger partial charge on any atom is -0.484 e. The Labute approximate surface area is 168 Å². The fourth-order valence-corrected chi connectivity index (χ4v) is 2.67. The summed E-state index contributed by atoms with van der Waals surface area (Å²) < 4.78 is 19.5. The Bertz CT molecular complexity index is 1010. The zero-order chi connectivity index (χ0) is 20.6. The Balaban J connectivity index is 1.46. The number of hydrogen-bond donors (Lipinski definition) is 1. The number of carbonyl (C=O) groups is 1. The molecule has 7 heteroatoms. The zero-order valence-electron chi connectivity index (χ0n) is 16.1. The predicted octanol–water partition coefficient (Wildman–Crippen LogP) is 2.94. The van der Waals surface area contributed by atoms with Crippen LogP contribution in [0.4, 0.5) is 4.39 Å². The van der Waals surface area contributed by atoms with E-state index in [1.54, 1.807) is 6.07 Å². The largest absolute Gasteiger partial charge is 0.484 e. The molecule has 0 fully saturated rings. The second-order valence-corrected chi connectivity index (χ2v) is 6.59. The molecule has 6 nitrogen and oxygen atoms in total. The molecular weight excluding hydrogens is 373 g/mol. The molecule has 0 bridgehead atoms. The van der Waals surface area contributed by atoms with Crippen molar-refractivity contribution in [2.24, 2.45) is 0 Å². The standard InChI is InChI=1S/C22H22FN3O3/c1-16-3-5-17(6-4-16)20-11-12-22(28)26(25-20)14-2-13-24-21(27)15-29-19-9-7-18(23)8-10-19/h3-12H,2,13-15H2,1H3,(H,24,27). The van der Waals surface area contributed by atoms with Crippen molar-refractivity contribution in [3.8, 4) is 17.0 Å². The molecule has 150 valence electrons. The fourth-order valence-electron chi connectivity index (χ4n) is 2.67. The van der Waals surface area contributed by atoms with Crippen LogP contribution in [0.1, 0.15) is 12.0 Å². The first-order valence-electron chi connectivity index (χ1n) is 9.31. The maximum atomic E-state index is 12.8. The molecule has 0 atom stereocenters. The van der Waals surface area contributed by atoms with Gasteiger partial charge in [-0.05, 0) is 43.7 Å². The third-order valence-corrected chi connectivity index (χ3v) is 4.27. The van der Waals surface area contributed by atoms with Gasteiger partial charge in [-0.1, -0.05) is 29.8 Å². The molecular formula is C22H22FN3O3. The van der Waals surface area contributed by atoms with Crippen LogP contribution in [0.2, 0.25) is 0 Å². The van der Waals surface area contributed by atoms with E-state index in [0.29, 0.717) is 25.3 Å². The number of ether oxygens (including phenoxy) is 1. The molecule has 1 aromatic heterocycles. The lowest BCUT2D eigenvalue weighted by atomic mass is 10.1. The quantitative estimate of drug-likeness (QED) is 0.595. The van der Waals surface area contributed by atoms with E-state index in [2.05, 4.69) is 10.4 Å². The monoisotopic (exact) mass is 395 g/mol. The minimum absolute atomic E-state index is 0.160. The van der Waals surface area contributed by atoms with Crippen molar-refractivity contribution in [3.63, 3.8) is 0 Å². The average molecular weight is 395 g/mol. The number of halogens is 1. The summed E-state index contributed by atoms with van der Waals surface area (Å²) in [5.74, 6) is -0.231. The highest BCUT2D eigenvalue weighted by molar-refractivity contribution is 5.77. The van der Waals surface area contributed by atoms with Crippen molar-refractivity contribution >= 4 is 5.91 Å². The predicted molar refractivity (Wildman–Crippen MR) is 108 cm³/mol. The highest BCUT2D eigenvalue weighted by Gasteiger charge is 2.05. The first kappa shape index (κ1) is 20.3. The van der Waals surface area contributed by atoms with E-state index < -0.39 is 0 Å². The summed E-state index contributed by atoms with van der Waals surface area (Å²) in [7, 11) is 0. The van der Waals surface area contributed by atoms with Crippen LogP contribution >= 0.6 is 0 Å². The Kier molecular flexibility index (Phi) is 6.73. The molecule has 3 aromatic rings. The van der Waals surface area contributed by atoms with Gasteiger partial charge in [-0.15, -0.1) is 0 Å². The first-order chi connectivity index (χ1) is 14.0. The summed E-state index contributed by atoms with van der Waals surface area (Å²) in [6, 6.07) is 16.6. The number of nitrogens with one attached hydrogen (secondary N) is 1. The lowest BCUT2D eigenvalue weighted by molar-refractivity contribution is -0.123. The Morgan fingerprint density at radius 3 is 2.52 bits per heavy atom. The van der Waals surface area contributed by atoms with Gasteiger partial charge in [-0.2, -0.15) is 5.10 Å². The Morgan fingerprint density at radius 1 is 1.07 bits per heavy atom. The maximum Gasteiger partial charge on any atom is 0.266 e. The Hall–Kier alpha value is -3.48. The first-order valence-corrected chi connectivity index (χ1v) is 9.31. The SMILES string of the molecule is Cc1ccc(-c2ccc(=O)n(CCCNC(=O)COc3ccc(F)cc3)n2)cc1.